The van der Waals surface area contributed by atoms with Crippen molar-refractivity contribution in [3.8, 4) is 0 Å². The maximum absolute atomic E-state index is 8.66. The third-order valence-electron chi connectivity index (χ3n) is 0. The fourth-order valence-corrected chi connectivity index (χ4v) is 0. The predicted octanol–water partition coefficient (Wildman–Crippen LogP) is -30.3. The van der Waals surface area contributed by atoms with Crippen LogP contribution in [-0.4, -0.2) is 143 Å². The van der Waals surface area contributed by atoms with Gasteiger partial charge in [0.05, 0.1) is 7.82 Å². The summed E-state index contributed by atoms with van der Waals surface area (Å²) in [4.78, 5) is 24.3. The van der Waals surface area contributed by atoms with Gasteiger partial charge in [0, 0.05) is 0 Å². The Kier molecular flexibility index (Phi) is 3030. The summed E-state index contributed by atoms with van der Waals surface area (Å²) in [6, 6.07) is 0. The van der Waals surface area contributed by atoms with Crippen molar-refractivity contribution in [2.75, 3.05) is 0 Å². The minimum atomic E-state index is -5.14. The van der Waals surface area contributed by atoms with Crippen molar-refractivity contribution >= 4 is 18.2 Å². The molecule has 0 radical (unpaired) electrons. The van der Waals surface area contributed by atoms with Crippen LogP contribution in [0.4, 0.5) is 0 Å². The van der Waals surface area contributed by atoms with Gasteiger partial charge in [-0.15, -0.1) is 0 Å². The minimum Gasteiger partial charge on any atom is -0.790 e. The Labute approximate surface area is 262 Å². The average molecular weight is 658 g/mol. The monoisotopic (exact) mass is 658 g/mol. The molecule has 0 aliphatic rings. The van der Waals surface area contributed by atoms with E-state index in [4.69, 9.17) is 36.8 Å². The summed E-state index contributed by atoms with van der Waals surface area (Å²) in [6.45, 7) is 0. The van der Waals surface area contributed by atoms with Gasteiger partial charge in [-0.05, 0) is 0 Å². The number of hydrogen-bond acceptors (Lipinski definition) is 6. The van der Waals surface area contributed by atoms with Crippen LogP contribution in [0.3, 0.4) is 0 Å². The number of rotatable bonds is 0. The molecule has 0 aromatic heterocycles. The standard InChI is InChI=1S/3Na.H3O4P.H2O4S.22H2O/c;;;2*1-5(2,3)4;;;;;;;;;;;;;;;;;;;;;;/h;;;(H3,1,2,3,4);(H2,1,2,3,4);22*1H2/q3*+1;;;;;;;;;;;;;;;;;;;;;;;;/p-3. The molecule has 35 heavy (non-hydrogen) atoms. The Morgan fingerprint density at radius 3 is 0.429 bits per heavy atom. The molecule has 0 fully saturated rings. The molecule has 0 spiro atoms. The van der Waals surface area contributed by atoms with E-state index in [2.05, 4.69) is 0 Å². The van der Waals surface area contributed by atoms with Crippen LogP contribution in [-0.2, 0) is 15.0 Å². The Morgan fingerprint density at radius 2 is 0.429 bits per heavy atom. The normalized spacial score (nSPS) is 3.34. The molecule has 30 nitrogen and oxygen atoms in total. The van der Waals surface area contributed by atoms with Gasteiger partial charge in [0.1, 0.15) is 0 Å². The zero-order valence-corrected chi connectivity index (χ0v) is 25.9. The summed E-state index contributed by atoms with van der Waals surface area (Å²) >= 11 is 0. The summed E-state index contributed by atoms with van der Waals surface area (Å²) < 4.78 is 41.5. The first-order valence-electron chi connectivity index (χ1n) is 1.43. The van der Waals surface area contributed by atoms with Gasteiger partial charge >= 0.3 is 88.7 Å². The SMILES string of the molecule is O.O.O.O.O.O.O.O.O.O.O.O.O.O.O.O.O.O.O.O.O.O.O=P([O-])([O-])O.O=S(=O)([O-])O.[Na+].[Na+].[Na+]. The second-order valence-corrected chi connectivity index (χ2v) is 2.69. The van der Waals surface area contributed by atoms with Crippen molar-refractivity contribution in [1.29, 1.82) is 0 Å². The fraction of sp³-hybridized carbons (Fsp3) is 0. The summed E-state index contributed by atoms with van der Waals surface area (Å²) in [5.41, 5.74) is 0. The van der Waals surface area contributed by atoms with Gasteiger partial charge in [-0.1, -0.05) is 0 Å². The molecule has 0 aromatic carbocycles. The molecule has 0 aromatic rings. The van der Waals surface area contributed by atoms with Gasteiger partial charge in [-0.25, -0.2) is 8.42 Å². The van der Waals surface area contributed by atoms with Gasteiger partial charge < -0.3 is 144 Å². The average Bonchev–Trinajstić information content (AvgIpc) is 1.12. The van der Waals surface area contributed by atoms with Gasteiger partial charge in [-0.3, -0.25) is 4.55 Å². The van der Waals surface area contributed by atoms with Gasteiger partial charge in [0.15, 0.2) is 0 Å². The van der Waals surface area contributed by atoms with Crippen molar-refractivity contribution in [2.24, 2.45) is 0 Å². The predicted molar refractivity (Wildman–Crippen MR) is 102 cm³/mol. The molecule has 0 unspecified atom stereocenters. The van der Waals surface area contributed by atoms with E-state index >= 15 is 0 Å². The van der Waals surface area contributed by atoms with Crippen LogP contribution in [0, 0.1) is 0 Å². The van der Waals surface area contributed by atoms with E-state index in [0.29, 0.717) is 0 Å². The van der Waals surface area contributed by atoms with E-state index in [-0.39, 0.29) is 209 Å². The molecular weight excluding hydrogens is 612 g/mol. The van der Waals surface area contributed by atoms with Crippen LogP contribution in [0.2, 0.25) is 0 Å². The summed E-state index contributed by atoms with van der Waals surface area (Å²) in [7, 11) is -10.1. The zero-order valence-electron chi connectivity index (χ0n) is 18.2. The molecule has 0 rings (SSSR count). The van der Waals surface area contributed by atoms with Crippen LogP contribution in [0.5, 0.6) is 0 Å². The first-order chi connectivity index (χ1) is 4.00. The van der Waals surface area contributed by atoms with Crippen molar-refractivity contribution < 1.29 is 246 Å². The van der Waals surface area contributed by atoms with Crippen LogP contribution in [0.15, 0.2) is 0 Å². The van der Waals surface area contributed by atoms with Gasteiger partial charge in [0.2, 0.25) is 10.4 Å². The molecule has 0 saturated carbocycles. The Hall–Kier alpha value is 2.10. The van der Waals surface area contributed by atoms with Crippen molar-refractivity contribution in [3.63, 3.8) is 0 Å². The third kappa shape index (κ3) is 9520. The molecule has 0 aliphatic heterocycles. The quantitative estimate of drug-likeness (QED) is 0.109. The van der Waals surface area contributed by atoms with Crippen LogP contribution in [0.1, 0.15) is 0 Å². The molecule has 0 amide bonds. The molecular formula is H46Na3O30PS. The second kappa shape index (κ2) is 224. The Bertz CT molecular complexity index is 205. The summed E-state index contributed by atoms with van der Waals surface area (Å²) in [6.07, 6.45) is 0. The first kappa shape index (κ1) is 474. The van der Waals surface area contributed by atoms with Gasteiger partial charge in [-0.2, -0.15) is 0 Å². The van der Waals surface area contributed by atoms with Crippen molar-refractivity contribution in [3.05, 3.63) is 0 Å². The third-order valence-corrected chi connectivity index (χ3v) is 0. The molecule has 0 bridgehead atoms. The summed E-state index contributed by atoms with van der Waals surface area (Å²) in [5.74, 6) is 0. The zero-order chi connectivity index (χ0) is 9.00. The van der Waals surface area contributed by atoms with Gasteiger partial charge in [0.25, 0.3) is 0 Å². The first-order valence-corrected chi connectivity index (χ1v) is 4.29. The van der Waals surface area contributed by atoms with Crippen LogP contribution >= 0.6 is 7.82 Å². The molecule has 46 N–H and O–H groups in total. The molecule has 35 heteroatoms. The largest absolute Gasteiger partial charge is 1.00 e. The van der Waals surface area contributed by atoms with Crippen molar-refractivity contribution in [2.45, 2.75) is 0 Å². The van der Waals surface area contributed by atoms with E-state index < -0.39 is 18.2 Å². The van der Waals surface area contributed by atoms with E-state index in [0.717, 1.165) is 0 Å². The Balaban J connectivity index is -0.000000000853. The van der Waals surface area contributed by atoms with E-state index in [1.807, 2.05) is 0 Å². The van der Waals surface area contributed by atoms with E-state index in [1.54, 1.807) is 0 Å². The molecule has 0 saturated heterocycles. The topological polar surface area (TPSA) is 854 Å². The Morgan fingerprint density at radius 1 is 0.429 bits per heavy atom. The van der Waals surface area contributed by atoms with E-state index in [9.17, 15) is 0 Å². The maximum atomic E-state index is 8.66. The summed E-state index contributed by atoms with van der Waals surface area (Å²) in [5, 5.41) is 0. The maximum Gasteiger partial charge on any atom is 1.00 e. The molecule has 240 valence electrons. The molecule has 0 aliphatic carbocycles. The van der Waals surface area contributed by atoms with E-state index in [1.165, 1.54) is 0 Å². The smallest absolute Gasteiger partial charge is 0.790 e. The van der Waals surface area contributed by atoms with Crippen LogP contribution < -0.4 is 98.5 Å². The van der Waals surface area contributed by atoms with Crippen molar-refractivity contribution in [1.82, 2.24) is 0 Å². The second-order valence-electron chi connectivity index (χ2n) is 0.896. The fourth-order valence-electron chi connectivity index (χ4n) is 0. The molecule has 0 atom stereocenters. The molecule has 0 heterocycles. The number of hydrogen-bond donors (Lipinski definition) is 2. The van der Waals surface area contributed by atoms with Crippen LogP contribution in [0.25, 0.3) is 0 Å². The number of phosphoric acid groups is 1. The minimum absolute atomic E-state index is 0.